The van der Waals surface area contributed by atoms with Gasteiger partial charge in [0.2, 0.25) is 0 Å². The number of hydrogen-bond donors (Lipinski definition) is 2. The van der Waals surface area contributed by atoms with E-state index in [2.05, 4.69) is 96.8 Å². The molecule has 78 heavy (non-hydrogen) atoms. The highest BCUT2D eigenvalue weighted by Gasteiger charge is 2.52. The van der Waals surface area contributed by atoms with Crippen molar-refractivity contribution in [1.82, 2.24) is 19.1 Å². The van der Waals surface area contributed by atoms with Gasteiger partial charge in [-0.1, -0.05) is 60.7 Å². The van der Waals surface area contributed by atoms with Gasteiger partial charge in [-0.2, -0.15) is 0 Å². The Morgan fingerprint density at radius 2 is 1.10 bits per heavy atom. The average molecular weight is 1120 g/mol. The molecule has 3 aliphatic rings. The van der Waals surface area contributed by atoms with Crippen LogP contribution in [0.1, 0.15) is 112 Å². The Hall–Kier alpha value is -7.06. The number of halogens is 5. The van der Waals surface area contributed by atoms with Gasteiger partial charge in [-0.3, -0.25) is 9.97 Å². The summed E-state index contributed by atoms with van der Waals surface area (Å²) in [7, 11) is -0.453. The van der Waals surface area contributed by atoms with E-state index in [0.717, 1.165) is 69.6 Å². The zero-order valence-corrected chi connectivity index (χ0v) is 45.8. The van der Waals surface area contributed by atoms with E-state index in [0.29, 0.717) is 41.8 Å². The van der Waals surface area contributed by atoms with Gasteiger partial charge in [0.25, 0.3) is 12.9 Å². The lowest BCUT2D eigenvalue weighted by Gasteiger charge is -2.36. The summed E-state index contributed by atoms with van der Waals surface area (Å²) in [5.41, 5.74) is 19.2. The van der Waals surface area contributed by atoms with E-state index in [4.69, 9.17) is 43.4 Å². The second-order valence-corrected chi connectivity index (χ2v) is 21.9. The van der Waals surface area contributed by atoms with E-state index in [-0.39, 0.29) is 45.2 Å². The third kappa shape index (κ3) is 11.6. The highest BCUT2D eigenvalue weighted by Crippen LogP contribution is 2.46. The number of nitrogen functional groups attached to an aromatic ring is 2. The van der Waals surface area contributed by atoms with Crippen LogP contribution in [0.25, 0.3) is 42.6 Å². The van der Waals surface area contributed by atoms with Gasteiger partial charge in [0, 0.05) is 69.0 Å². The Balaban J connectivity index is 0.000000159. The molecule has 2 aliphatic carbocycles. The number of ether oxygens (including phenoxy) is 2. The molecule has 0 atom stereocenters. The molecule has 0 amide bonds. The number of alkyl halides is 4. The molecule has 1 aliphatic heterocycles. The maximum absolute atomic E-state index is 13.9. The monoisotopic (exact) mass is 1120 g/mol. The molecule has 0 spiro atoms. The topological polar surface area (TPSA) is 133 Å². The van der Waals surface area contributed by atoms with Gasteiger partial charge in [0.15, 0.2) is 11.4 Å². The van der Waals surface area contributed by atoms with Gasteiger partial charge in [-0.15, -0.1) is 0 Å². The Morgan fingerprint density at radius 3 is 1.56 bits per heavy atom. The molecule has 12 nitrogen and oxygen atoms in total. The van der Waals surface area contributed by atoms with E-state index in [1.165, 1.54) is 30.4 Å². The SMILES string of the molecule is Nc1cncc(Br)c1C(F)F.[C-]#[N+]c1cc2c(-c3cncc(N)c3C(F)F)cn(C3CC(OCc4ccccc4)C3)c2cc1C.[C-]#[N+]c1cc2c(B3OC(C)(C)C(C)(C)O3)cn(C3CC(OCc4ccccc4)C3)c2cc1C. The summed E-state index contributed by atoms with van der Waals surface area (Å²) < 4.78 is 81.8. The van der Waals surface area contributed by atoms with Gasteiger partial charge in [-0.25, -0.2) is 27.3 Å². The lowest BCUT2D eigenvalue weighted by Crippen LogP contribution is -2.41. The number of fused-ring (bicyclic) bond motifs is 2. The molecule has 5 heterocycles. The number of benzene rings is 4. The van der Waals surface area contributed by atoms with Gasteiger partial charge in [-0.05, 0) is 140 Å². The number of nitrogens with two attached hydrogens (primary N) is 2. The Bertz CT molecular complexity index is 3500. The molecular weight excluding hydrogens is 1060 g/mol. The van der Waals surface area contributed by atoms with E-state index in [1.54, 1.807) is 6.07 Å². The summed E-state index contributed by atoms with van der Waals surface area (Å²) in [6.45, 7) is 28.5. The fourth-order valence-corrected chi connectivity index (χ4v) is 10.6. The van der Waals surface area contributed by atoms with Crippen LogP contribution in [0, 0.1) is 27.0 Å². The summed E-state index contributed by atoms with van der Waals surface area (Å²) in [4.78, 5) is 15.1. The van der Waals surface area contributed by atoms with Crippen molar-refractivity contribution in [3.05, 3.63) is 183 Å². The molecule has 3 fully saturated rings. The summed E-state index contributed by atoms with van der Waals surface area (Å²) >= 11 is 2.93. The predicted molar refractivity (Wildman–Crippen MR) is 302 cm³/mol. The van der Waals surface area contributed by atoms with Crippen molar-refractivity contribution >= 4 is 73.1 Å². The zero-order chi connectivity index (χ0) is 55.6. The molecular formula is C60H60BBrF4N8O4. The van der Waals surface area contributed by atoms with Gasteiger partial charge < -0.3 is 39.4 Å². The number of aromatic nitrogens is 4. The van der Waals surface area contributed by atoms with Crippen molar-refractivity contribution in [2.75, 3.05) is 11.5 Å². The Labute approximate surface area is 460 Å². The van der Waals surface area contributed by atoms with Crippen molar-refractivity contribution in [1.29, 1.82) is 0 Å². The first-order chi connectivity index (χ1) is 37.3. The number of pyridine rings is 2. The molecule has 0 radical (unpaired) electrons. The number of hydrogen-bond acceptors (Lipinski definition) is 8. The first-order valence-electron chi connectivity index (χ1n) is 25.7. The second kappa shape index (κ2) is 23.1. The van der Waals surface area contributed by atoms with Crippen LogP contribution < -0.4 is 16.9 Å². The summed E-state index contributed by atoms with van der Waals surface area (Å²) in [5.74, 6) is 0. The summed E-state index contributed by atoms with van der Waals surface area (Å²) in [6.07, 6.45) is 7.96. The maximum atomic E-state index is 13.9. The lowest BCUT2D eigenvalue weighted by molar-refractivity contribution is -0.0348. The van der Waals surface area contributed by atoms with Gasteiger partial charge in [0.05, 0.1) is 84.7 Å². The fraction of sp³-hybridized carbons (Fsp3) is 0.333. The van der Waals surface area contributed by atoms with Crippen molar-refractivity contribution in [2.24, 2.45) is 0 Å². The van der Waals surface area contributed by atoms with Gasteiger partial charge in [0.1, 0.15) is 0 Å². The van der Waals surface area contributed by atoms with Crippen molar-refractivity contribution in [2.45, 2.75) is 129 Å². The fourth-order valence-electron chi connectivity index (χ4n) is 10.0. The Morgan fingerprint density at radius 1 is 0.654 bits per heavy atom. The molecule has 2 saturated carbocycles. The molecule has 1 saturated heterocycles. The van der Waals surface area contributed by atoms with Crippen LogP contribution in [-0.2, 0) is 32.0 Å². The summed E-state index contributed by atoms with van der Waals surface area (Å²) in [6, 6.07) is 28.8. The van der Waals surface area contributed by atoms with Crippen LogP contribution in [0.4, 0.5) is 40.3 Å². The molecule has 18 heteroatoms. The van der Waals surface area contributed by atoms with E-state index in [9.17, 15) is 17.6 Å². The normalized spacial score (nSPS) is 19.1. The molecule has 0 bridgehead atoms. The maximum Gasteiger partial charge on any atom is 0.496 e. The molecule has 11 rings (SSSR count). The van der Waals surface area contributed by atoms with Crippen molar-refractivity contribution in [3.63, 3.8) is 0 Å². The molecule has 4 N–H and O–H groups in total. The molecule has 0 unspecified atom stereocenters. The molecule has 4 aromatic carbocycles. The van der Waals surface area contributed by atoms with Crippen LogP contribution in [-0.4, -0.2) is 49.6 Å². The average Bonchev–Trinajstić information content (AvgIpc) is 4.10. The van der Waals surface area contributed by atoms with Crippen LogP contribution in [0.2, 0.25) is 0 Å². The lowest BCUT2D eigenvalue weighted by atomic mass is 9.79. The zero-order valence-electron chi connectivity index (χ0n) is 44.2. The largest absolute Gasteiger partial charge is 0.496 e. The minimum absolute atomic E-state index is 0.00868. The quantitative estimate of drug-likeness (QED) is 0.0702. The van der Waals surface area contributed by atoms with Crippen LogP contribution in [0.5, 0.6) is 0 Å². The number of anilines is 2. The predicted octanol–water partition coefficient (Wildman–Crippen LogP) is 15.1. The van der Waals surface area contributed by atoms with Crippen molar-refractivity contribution in [3.8, 4) is 11.1 Å². The number of rotatable bonds is 12. The van der Waals surface area contributed by atoms with Crippen molar-refractivity contribution < 1.29 is 36.3 Å². The summed E-state index contributed by atoms with van der Waals surface area (Å²) in [5, 5.41) is 1.79. The number of nitrogens with zero attached hydrogens (tertiary/aromatic N) is 6. The van der Waals surface area contributed by atoms with E-state index in [1.807, 2.05) is 80.7 Å². The van der Waals surface area contributed by atoms with Crippen LogP contribution in [0.15, 0.2) is 127 Å². The Kier molecular flexibility index (Phi) is 16.5. The molecule has 4 aromatic heterocycles. The third-order valence-corrected chi connectivity index (χ3v) is 16.0. The smallest absolute Gasteiger partial charge is 0.399 e. The highest BCUT2D eigenvalue weighted by atomic mass is 79.9. The molecule has 8 aromatic rings. The molecule has 402 valence electrons. The minimum Gasteiger partial charge on any atom is -0.399 e. The first kappa shape index (κ1) is 55.7. The van der Waals surface area contributed by atoms with E-state index >= 15 is 0 Å². The highest BCUT2D eigenvalue weighted by molar-refractivity contribution is 9.10. The minimum atomic E-state index is -2.73. The number of aryl methyl sites for hydroxylation is 2. The van der Waals surface area contributed by atoms with E-state index < -0.39 is 31.2 Å². The third-order valence-electron chi connectivity index (χ3n) is 15.4. The first-order valence-corrected chi connectivity index (χ1v) is 26.5. The second-order valence-electron chi connectivity index (χ2n) is 21.1. The van der Waals surface area contributed by atoms with Crippen LogP contribution in [0.3, 0.4) is 0 Å². The standard InChI is InChI=1S/C27H31BN2O3.C27H24F2N4O.C6H5BrF2N2/c1-18-12-25-22(15-24(18)29-6)23(28-32-26(2,3)27(4,5)33-28)16-30(25)20-13-21(14-20)31-17-19-10-8-7-9-11-19;1-16-8-25-20(11-24(16)31-2)22(21-12-32-13-23(30)26(21)27(28)29)14-33(25)18-9-19(10-18)34-15-17-6-4-3-5-7-17;7-3-1-11-2-4(10)5(3)6(8)9/h7-12,15-16,20-21H,13-14,17H2,1-5H3;3-8,11-14,18-19,27H,9-10,15,30H2,1H3;1-2,6H,10H2. The van der Waals surface area contributed by atoms with Crippen LogP contribution >= 0.6 is 15.9 Å². The van der Waals surface area contributed by atoms with Gasteiger partial charge >= 0.3 is 7.12 Å².